The van der Waals surface area contributed by atoms with Gasteiger partial charge in [-0.05, 0) is 12.5 Å². The van der Waals surface area contributed by atoms with Gasteiger partial charge in [0.2, 0.25) is 0 Å². The Morgan fingerprint density at radius 2 is 1.00 bits per heavy atom. The van der Waals surface area contributed by atoms with Crippen LogP contribution in [0.2, 0.25) is 0 Å². The zero-order valence-electron chi connectivity index (χ0n) is 8.13. The Hall–Kier alpha value is -0.880. The predicted octanol–water partition coefficient (Wildman–Crippen LogP) is 1.46. The fraction of sp³-hybridized carbons (Fsp3) is 0.250. The minimum Gasteiger partial charge on any atom is -0.397 e. The van der Waals surface area contributed by atoms with Gasteiger partial charge in [0, 0.05) is 0 Å². The Balaban J connectivity index is 3.56. The van der Waals surface area contributed by atoms with Gasteiger partial charge in [-0.25, -0.2) is 0 Å². The molecule has 0 aliphatic heterocycles. The Morgan fingerprint density at radius 1 is 0.643 bits per heavy atom. The summed E-state index contributed by atoms with van der Waals surface area (Å²) in [6.07, 6.45) is 3.81. The Morgan fingerprint density at radius 3 is 1.29 bits per heavy atom. The monoisotopic (exact) mass is 230 g/mol. The zero-order chi connectivity index (χ0) is 10.9. The van der Waals surface area contributed by atoms with Gasteiger partial charge in [0.05, 0.1) is 32.5 Å². The van der Waals surface area contributed by atoms with Gasteiger partial charge in [-0.3, -0.25) is 0 Å². The Labute approximate surface area is 91.8 Å². The number of anilines is 4. The summed E-state index contributed by atoms with van der Waals surface area (Å²) in [5.41, 5.74) is 25.3. The summed E-state index contributed by atoms with van der Waals surface area (Å²) in [6, 6.07) is 0. The van der Waals surface area contributed by atoms with Crippen molar-refractivity contribution in [3.63, 3.8) is 0 Å². The number of nitrogens with two attached hydrogens (primary N) is 4. The molecule has 0 radical (unpaired) electrons. The van der Waals surface area contributed by atoms with Crippen LogP contribution in [0.1, 0.15) is 0 Å². The van der Waals surface area contributed by atoms with E-state index >= 15 is 0 Å². The highest BCUT2D eigenvalue weighted by atomic mass is 32.2. The minimum absolute atomic E-state index is 0.424. The molecular formula is C8H14N4S2. The van der Waals surface area contributed by atoms with Crippen molar-refractivity contribution < 1.29 is 0 Å². The predicted molar refractivity (Wildman–Crippen MR) is 67.7 cm³/mol. The number of rotatable bonds is 2. The van der Waals surface area contributed by atoms with E-state index in [2.05, 4.69) is 0 Å². The molecule has 0 spiro atoms. The summed E-state index contributed by atoms with van der Waals surface area (Å²) in [5, 5.41) is 0. The fourth-order valence-electron chi connectivity index (χ4n) is 1.22. The summed E-state index contributed by atoms with van der Waals surface area (Å²) < 4.78 is 0. The van der Waals surface area contributed by atoms with E-state index in [0.29, 0.717) is 22.7 Å². The van der Waals surface area contributed by atoms with Crippen molar-refractivity contribution in [3.05, 3.63) is 0 Å². The molecule has 1 rings (SSSR count). The van der Waals surface area contributed by atoms with Crippen LogP contribution >= 0.6 is 23.5 Å². The molecule has 1 aromatic rings. The molecule has 0 saturated carbocycles. The molecule has 1 aromatic carbocycles. The van der Waals surface area contributed by atoms with E-state index < -0.39 is 0 Å². The van der Waals surface area contributed by atoms with Gasteiger partial charge in [-0.2, -0.15) is 0 Å². The lowest BCUT2D eigenvalue weighted by atomic mass is 10.2. The Bertz CT molecular complexity index is 334. The van der Waals surface area contributed by atoms with E-state index in [9.17, 15) is 0 Å². The van der Waals surface area contributed by atoms with Crippen LogP contribution in [0.5, 0.6) is 0 Å². The first kappa shape index (κ1) is 11.2. The van der Waals surface area contributed by atoms with Crippen molar-refractivity contribution in [2.45, 2.75) is 9.79 Å². The quantitative estimate of drug-likeness (QED) is 0.453. The number of hydrogen-bond donors (Lipinski definition) is 4. The number of nitrogen functional groups attached to an aromatic ring is 4. The van der Waals surface area contributed by atoms with E-state index in [1.54, 1.807) is 0 Å². The molecule has 4 nitrogen and oxygen atoms in total. The molecule has 78 valence electrons. The first-order valence-electron chi connectivity index (χ1n) is 3.88. The maximum absolute atomic E-state index is 5.92. The zero-order valence-corrected chi connectivity index (χ0v) is 9.76. The first-order chi connectivity index (χ1) is 6.54. The third-order valence-corrected chi connectivity index (χ3v) is 3.66. The second-order valence-corrected chi connectivity index (χ2v) is 4.35. The first-order valence-corrected chi connectivity index (χ1v) is 6.33. The molecule has 0 aromatic heterocycles. The smallest absolute Gasteiger partial charge is 0.0806 e. The van der Waals surface area contributed by atoms with Crippen LogP contribution in [0.3, 0.4) is 0 Å². The highest BCUT2D eigenvalue weighted by Gasteiger charge is 2.16. The van der Waals surface area contributed by atoms with Crippen LogP contribution in [-0.2, 0) is 0 Å². The van der Waals surface area contributed by atoms with Crippen LogP contribution in [0, 0.1) is 0 Å². The van der Waals surface area contributed by atoms with E-state index in [4.69, 9.17) is 22.9 Å². The van der Waals surface area contributed by atoms with Crippen LogP contribution in [0.25, 0.3) is 0 Å². The lowest BCUT2D eigenvalue weighted by Gasteiger charge is -2.16. The van der Waals surface area contributed by atoms with Gasteiger partial charge in [0.15, 0.2) is 0 Å². The third-order valence-electron chi connectivity index (χ3n) is 1.97. The van der Waals surface area contributed by atoms with E-state index in [1.807, 2.05) is 12.5 Å². The molecular weight excluding hydrogens is 216 g/mol. The van der Waals surface area contributed by atoms with Crippen LogP contribution < -0.4 is 22.9 Å². The van der Waals surface area contributed by atoms with Gasteiger partial charge >= 0.3 is 0 Å². The minimum atomic E-state index is 0.424. The normalized spacial score (nSPS) is 10.4. The van der Waals surface area contributed by atoms with Gasteiger partial charge in [-0.1, -0.05) is 0 Å². The van der Waals surface area contributed by atoms with Gasteiger partial charge in [0.25, 0.3) is 0 Å². The van der Waals surface area contributed by atoms with Crippen LogP contribution in [0.15, 0.2) is 9.79 Å². The van der Waals surface area contributed by atoms with Crippen molar-refractivity contribution in [2.24, 2.45) is 0 Å². The molecule has 0 aliphatic carbocycles. The molecule has 0 fully saturated rings. The molecule has 6 heteroatoms. The number of thioether (sulfide) groups is 2. The molecule has 0 bridgehead atoms. The lowest BCUT2D eigenvalue weighted by molar-refractivity contribution is 1.36. The number of benzene rings is 1. The Kier molecular flexibility index (Phi) is 3.28. The average molecular weight is 230 g/mol. The summed E-state index contributed by atoms with van der Waals surface area (Å²) >= 11 is 2.95. The molecule has 14 heavy (non-hydrogen) atoms. The van der Waals surface area contributed by atoms with Crippen molar-refractivity contribution in [2.75, 3.05) is 35.4 Å². The molecule has 0 saturated heterocycles. The number of hydrogen-bond acceptors (Lipinski definition) is 6. The summed E-state index contributed by atoms with van der Waals surface area (Å²) in [4.78, 5) is 1.61. The van der Waals surface area contributed by atoms with Crippen molar-refractivity contribution in [1.29, 1.82) is 0 Å². The molecule has 0 atom stereocenters. The van der Waals surface area contributed by atoms with E-state index in [0.717, 1.165) is 9.79 Å². The SMILES string of the molecule is CSc1c(N)c(N)c(N)c(SC)c1N. The standard InChI is InChI=1S/C8H14N4S2/c1-13-7-4(10)3(9)5(11)8(14-2)6(7)12/h9-12H2,1-2H3. The van der Waals surface area contributed by atoms with E-state index in [1.165, 1.54) is 23.5 Å². The van der Waals surface area contributed by atoms with Crippen molar-refractivity contribution in [3.8, 4) is 0 Å². The summed E-state index contributed by atoms with van der Waals surface area (Å²) in [7, 11) is 0. The second kappa shape index (κ2) is 4.10. The van der Waals surface area contributed by atoms with Crippen LogP contribution in [-0.4, -0.2) is 12.5 Å². The second-order valence-electron chi connectivity index (χ2n) is 2.72. The van der Waals surface area contributed by atoms with Crippen molar-refractivity contribution in [1.82, 2.24) is 0 Å². The molecule has 0 unspecified atom stereocenters. The highest BCUT2D eigenvalue weighted by molar-refractivity contribution is 7.99. The molecule has 0 aliphatic rings. The third kappa shape index (κ3) is 1.55. The largest absolute Gasteiger partial charge is 0.397 e. The summed E-state index contributed by atoms with van der Waals surface area (Å²) in [5.74, 6) is 0. The van der Waals surface area contributed by atoms with Gasteiger partial charge in [-0.15, -0.1) is 23.5 Å². The topological polar surface area (TPSA) is 104 Å². The van der Waals surface area contributed by atoms with E-state index in [-0.39, 0.29) is 0 Å². The van der Waals surface area contributed by atoms with Gasteiger partial charge in [0.1, 0.15) is 0 Å². The molecule has 0 amide bonds. The van der Waals surface area contributed by atoms with Crippen LogP contribution in [0.4, 0.5) is 22.7 Å². The van der Waals surface area contributed by atoms with Crippen molar-refractivity contribution >= 4 is 46.3 Å². The lowest BCUT2D eigenvalue weighted by Crippen LogP contribution is -2.06. The molecule has 0 heterocycles. The average Bonchev–Trinajstić information content (AvgIpc) is 2.16. The highest BCUT2D eigenvalue weighted by Crippen LogP contribution is 2.44. The maximum Gasteiger partial charge on any atom is 0.0806 e. The maximum atomic E-state index is 5.92. The summed E-state index contributed by atoms with van der Waals surface area (Å²) in [6.45, 7) is 0. The van der Waals surface area contributed by atoms with Gasteiger partial charge < -0.3 is 22.9 Å². The fourth-order valence-corrected chi connectivity index (χ4v) is 2.59. The molecule has 8 N–H and O–H groups in total.